The fourth-order valence-electron chi connectivity index (χ4n) is 1.24. The third kappa shape index (κ3) is 4.36. The molecule has 21 heavy (non-hydrogen) atoms. The van der Waals surface area contributed by atoms with Crippen LogP contribution in [-0.4, -0.2) is 16.0 Å². The van der Waals surface area contributed by atoms with Crippen molar-refractivity contribution in [3.8, 4) is 0 Å². The number of ketones is 1. The van der Waals surface area contributed by atoms with Gasteiger partial charge in [-0.2, -0.15) is 13.2 Å². The van der Waals surface area contributed by atoms with Crippen LogP contribution in [0.3, 0.4) is 0 Å². The Bertz CT molecular complexity index is 665. The molecule has 0 amide bonds. The summed E-state index contributed by atoms with van der Waals surface area (Å²) in [7, 11) is 0. The molecule has 0 aliphatic heterocycles. The molecule has 0 radical (unpaired) electrons. The van der Waals surface area contributed by atoms with Gasteiger partial charge in [0.05, 0.1) is 0 Å². The van der Waals surface area contributed by atoms with Crippen LogP contribution in [-0.2, 0) is 6.18 Å². The number of carbonyl (C=O) groups is 1. The van der Waals surface area contributed by atoms with Gasteiger partial charge in [-0.15, -0.1) is 10.2 Å². The van der Waals surface area contributed by atoms with E-state index in [4.69, 9.17) is 0 Å². The van der Waals surface area contributed by atoms with Crippen molar-refractivity contribution in [2.75, 3.05) is 0 Å². The van der Waals surface area contributed by atoms with Crippen molar-refractivity contribution in [3.63, 3.8) is 0 Å². The van der Waals surface area contributed by atoms with Crippen molar-refractivity contribution in [3.05, 3.63) is 52.1 Å². The highest BCUT2D eigenvalue weighted by atomic mass is 32.2. The highest BCUT2D eigenvalue weighted by molar-refractivity contribution is 8.03. The van der Waals surface area contributed by atoms with E-state index in [2.05, 4.69) is 10.2 Å². The highest BCUT2D eigenvalue weighted by Gasteiger charge is 2.35. The van der Waals surface area contributed by atoms with Crippen LogP contribution in [0.5, 0.6) is 0 Å². The minimum Gasteiger partial charge on any atom is -0.289 e. The molecule has 1 heterocycles. The molecule has 3 nitrogen and oxygen atoms in total. The molecule has 1 aromatic heterocycles. The normalized spacial score (nSPS) is 12.0. The Morgan fingerprint density at radius 3 is 2.43 bits per heavy atom. The summed E-state index contributed by atoms with van der Waals surface area (Å²) in [5.41, 5.74) is 0.279. The van der Waals surface area contributed by atoms with E-state index in [0.717, 1.165) is 23.9 Å². The number of alkyl halides is 3. The first-order chi connectivity index (χ1) is 9.86. The van der Waals surface area contributed by atoms with E-state index in [1.54, 1.807) is 0 Å². The molecule has 0 aliphatic carbocycles. The van der Waals surface area contributed by atoms with Gasteiger partial charge in [0.25, 0.3) is 0 Å². The zero-order chi connectivity index (χ0) is 15.5. The second-order valence-corrected chi connectivity index (χ2v) is 5.79. The van der Waals surface area contributed by atoms with Gasteiger partial charge in [0.1, 0.15) is 5.82 Å². The lowest BCUT2D eigenvalue weighted by Gasteiger charge is -1.97. The lowest BCUT2D eigenvalue weighted by atomic mass is 10.1. The summed E-state index contributed by atoms with van der Waals surface area (Å²) in [6, 6.07) is 4.93. The monoisotopic (exact) mass is 334 g/mol. The first-order valence-electron chi connectivity index (χ1n) is 5.40. The Morgan fingerprint density at radius 2 is 1.86 bits per heavy atom. The van der Waals surface area contributed by atoms with Gasteiger partial charge in [-0.05, 0) is 35.7 Å². The lowest BCUT2D eigenvalue weighted by Crippen LogP contribution is -2.03. The summed E-state index contributed by atoms with van der Waals surface area (Å²) in [6.07, 6.45) is -3.35. The predicted molar refractivity (Wildman–Crippen MR) is 70.6 cm³/mol. The standard InChI is InChI=1S/C12H6F4N2OS2/c13-8-3-1-7(2-4-8)9(19)5-6-20-11-18-17-10(21-11)12(14,15)16/h1-6H/b6-5+. The molecule has 1 aromatic carbocycles. The average Bonchev–Trinajstić information content (AvgIpc) is 2.88. The molecule has 0 saturated heterocycles. The Morgan fingerprint density at radius 1 is 1.19 bits per heavy atom. The smallest absolute Gasteiger partial charge is 0.289 e. The van der Waals surface area contributed by atoms with Crippen LogP contribution in [0.15, 0.2) is 40.1 Å². The molecule has 0 spiro atoms. The first-order valence-corrected chi connectivity index (χ1v) is 7.09. The van der Waals surface area contributed by atoms with Gasteiger partial charge in [0.2, 0.25) is 5.01 Å². The first kappa shape index (κ1) is 15.6. The number of aromatic nitrogens is 2. The van der Waals surface area contributed by atoms with Gasteiger partial charge in [0, 0.05) is 5.56 Å². The maximum Gasteiger partial charge on any atom is 0.445 e. The molecule has 0 fully saturated rings. The third-order valence-electron chi connectivity index (χ3n) is 2.17. The van der Waals surface area contributed by atoms with Crippen LogP contribution in [0.25, 0.3) is 0 Å². The van der Waals surface area contributed by atoms with Crippen molar-refractivity contribution < 1.29 is 22.4 Å². The largest absolute Gasteiger partial charge is 0.445 e. The van der Waals surface area contributed by atoms with E-state index in [1.165, 1.54) is 23.6 Å². The molecule has 0 N–H and O–H groups in total. The number of allylic oxidation sites excluding steroid dienone is 1. The van der Waals surface area contributed by atoms with Gasteiger partial charge >= 0.3 is 6.18 Å². The van der Waals surface area contributed by atoms with Gasteiger partial charge < -0.3 is 0 Å². The molecule has 9 heteroatoms. The Balaban J connectivity index is 1.97. The Labute approximate surface area is 124 Å². The maximum absolute atomic E-state index is 12.7. The number of hydrogen-bond donors (Lipinski definition) is 0. The van der Waals surface area contributed by atoms with E-state index in [1.807, 2.05) is 0 Å². The number of nitrogens with zero attached hydrogens (tertiary/aromatic N) is 2. The van der Waals surface area contributed by atoms with Crippen molar-refractivity contribution in [2.45, 2.75) is 10.5 Å². The molecule has 2 aromatic rings. The maximum atomic E-state index is 12.7. The van der Waals surface area contributed by atoms with E-state index in [0.29, 0.717) is 11.3 Å². The lowest BCUT2D eigenvalue weighted by molar-refractivity contribution is -0.138. The van der Waals surface area contributed by atoms with Gasteiger partial charge in [-0.3, -0.25) is 4.79 Å². The van der Waals surface area contributed by atoms with Gasteiger partial charge in [-0.1, -0.05) is 23.1 Å². The zero-order valence-corrected chi connectivity index (χ0v) is 11.7. The molecular weight excluding hydrogens is 328 g/mol. The van der Waals surface area contributed by atoms with Crippen LogP contribution < -0.4 is 0 Å². The summed E-state index contributed by atoms with van der Waals surface area (Å²) in [5, 5.41) is 6.65. The second kappa shape index (κ2) is 6.35. The zero-order valence-electron chi connectivity index (χ0n) is 10.1. The van der Waals surface area contributed by atoms with Crippen LogP contribution in [0.4, 0.5) is 17.6 Å². The summed E-state index contributed by atoms with van der Waals surface area (Å²) < 4.78 is 49.7. The number of carbonyl (C=O) groups excluding carboxylic acids is 1. The summed E-state index contributed by atoms with van der Waals surface area (Å²) in [5.74, 6) is -0.846. The van der Waals surface area contributed by atoms with Crippen LogP contribution in [0, 0.1) is 5.82 Å². The number of halogens is 4. The number of hydrogen-bond acceptors (Lipinski definition) is 5. The fraction of sp³-hybridized carbons (Fsp3) is 0.0833. The summed E-state index contributed by atoms with van der Waals surface area (Å²) in [4.78, 5) is 11.7. The Hall–Kier alpha value is -1.74. The molecule has 0 unspecified atom stereocenters. The van der Waals surface area contributed by atoms with Crippen molar-refractivity contribution in [1.82, 2.24) is 10.2 Å². The quantitative estimate of drug-likeness (QED) is 0.364. The van der Waals surface area contributed by atoms with E-state index >= 15 is 0 Å². The number of benzene rings is 1. The van der Waals surface area contributed by atoms with Crippen molar-refractivity contribution in [2.24, 2.45) is 0 Å². The Kier molecular flexibility index (Phi) is 4.73. The van der Waals surface area contributed by atoms with E-state index in [9.17, 15) is 22.4 Å². The summed E-state index contributed by atoms with van der Waals surface area (Å²) >= 11 is 1.25. The molecule has 0 saturated carbocycles. The molecule has 2 rings (SSSR count). The van der Waals surface area contributed by atoms with Gasteiger partial charge in [0.15, 0.2) is 10.1 Å². The minimum absolute atomic E-state index is 0.0745. The predicted octanol–water partition coefficient (Wildman–Crippen LogP) is 4.18. The SMILES string of the molecule is O=C(/C=C/Sc1nnc(C(F)(F)F)s1)c1ccc(F)cc1. The summed E-state index contributed by atoms with van der Waals surface area (Å²) in [6.45, 7) is 0. The molecule has 110 valence electrons. The minimum atomic E-state index is -4.52. The second-order valence-electron chi connectivity index (χ2n) is 3.66. The average molecular weight is 334 g/mol. The molecular formula is C12H6F4N2OS2. The van der Waals surface area contributed by atoms with Crippen LogP contribution in [0.2, 0.25) is 0 Å². The van der Waals surface area contributed by atoms with E-state index < -0.39 is 17.0 Å². The van der Waals surface area contributed by atoms with Crippen molar-refractivity contribution >= 4 is 28.9 Å². The fourth-order valence-corrected chi connectivity index (χ4v) is 2.67. The van der Waals surface area contributed by atoms with Crippen LogP contribution >= 0.6 is 23.1 Å². The number of thioether (sulfide) groups is 1. The molecule has 0 aliphatic rings. The number of rotatable bonds is 4. The van der Waals surface area contributed by atoms with Crippen LogP contribution in [0.1, 0.15) is 15.4 Å². The van der Waals surface area contributed by atoms with E-state index in [-0.39, 0.29) is 15.7 Å². The third-order valence-corrected chi connectivity index (χ3v) is 4.02. The highest BCUT2D eigenvalue weighted by Crippen LogP contribution is 2.34. The van der Waals surface area contributed by atoms with Gasteiger partial charge in [-0.25, -0.2) is 4.39 Å². The van der Waals surface area contributed by atoms with Crippen molar-refractivity contribution in [1.29, 1.82) is 0 Å². The molecule has 0 atom stereocenters. The topological polar surface area (TPSA) is 42.9 Å². The molecule has 0 bridgehead atoms.